The van der Waals surface area contributed by atoms with E-state index < -0.39 is 0 Å². The number of hydrogen-bond acceptors (Lipinski definition) is 1. The molecule has 2 bridgehead atoms. The van der Waals surface area contributed by atoms with E-state index in [9.17, 15) is 0 Å². The third-order valence-corrected chi connectivity index (χ3v) is 2.95. The number of rotatable bonds is 0. The second kappa shape index (κ2) is 3.05. The fourth-order valence-corrected chi connectivity index (χ4v) is 2.22. The van der Waals surface area contributed by atoms with E-state index in [1.54, 1.807) is 0 Å². The van der Waals surface area contributed by atoms with Gasteiger partial charge in [0, 0.05) is 18.1 Å². The van der Waals surface area contributed by atoms with E-state index in [-0.39, 0.29) is 0 Å². The SMILES string of the molecule is c1ccc2c(c1)c1cn2NCCCC1. The van der Waals surface area contributed by atoms with E-state index in [0.29, 0.717) is 0 Å². The highest BCUT2D eigenvalue weighted by Gasteiger charge is 2.09. The van der Waals surface area contributed by atoms with Crippen LogP contribution in [0.1, 0.15) is 18.4 Å². The van der Waals surface area contributed by atoms with E-state index in [1.807, 2.05) is 0 Å². The summed E-state index contributed by atoms with van der Waals surface area (Å²) in [7, 11) is 0. The Labute approximate surface area is 83.5 Å². The summed E-state index contributed by atoms with van der Waals surface area (Å²) in [6, 6.07) is 8.61. The molecule has 1 aliphatic heterocycles. The van der Waals surface area contributed by atoms with Crippen molar-refractivity contribution < 1.29 is 0 Å². The first-order chi connectivity index (χ1) is 6.95. The third kappa shape index (κ3) is 1.10. The third-order valence-electron chi connectivity index (χ3n) is 2.95. The lowest BCUT2D eigenvalue weighted by Gasteiger charge is -2.10. The van der Waals surface area contributed by atoms with Crippen LogP contribution in [-0.4, -0.2) is 11.2 Å². The molecule has 1 aromatic carbocycles. The predicted octanol–water partition coefficient (Wildman–Crippen LogP) is 2.52. The number of hydrogen-bond donors (Lipinski definition) is 1. The molecule has 14 heavy (non-hydrogen) atoms. The summed E-state index contributed by atoms with van der Waals surface area (Å²) in [6.45, 7) is 1.08. The highest BCUT2D eigenvalue weighted by Crippen LogP contribution is 2.23. The first-order valence-corrected chi connectivity index (χ1v) is 5.28. The van der Waals surface area contributed by atoms with Gasteiger partial charge in [-0.25, -0.2) is 0 Å². The molecule has 0 saturated heterocycles. The van der Waals surface area contributed by atoms with Gasteiger partial charge >= 0.3 is 0 Å². The normalized spacial score (nSPS) is 16.0. The Kier molecular flexibility index (Phi) is 1.72. The van der Waals surface area contributed by atoms with Crippen molar-refractivity contribution in [3.05, 3.63) is 36.0 Å². The second-order valence-corrected chi connectivity index (χ2v) is 3.91. The Hall–Kier alpha value is -1.44. The summed E-state index contributed by atoms with van der Waals surface area (Å²) in [5.74, 6) is 0. The molecule has 1 aliphatic rings. The Balaban J connectivity index is 2.27. The number of nitrogens with zero attached hydrogens (tertiary/aromatic N) is 1. The van der Waals surface area contributed by atoms with Crippen LogP contribution >= 0.6 is 0 Å². The number of para-hydroxylation sites is 1. The summed E-state index contributed by atoms with van der Waals surface area (Å²) >= 11 is 0. The predicted molar refractivity (Wildman–Crippen MR) is 59.1 cm³/mol. The number of nitrogens with one attached hydrogen (secondary N) is 1. The molecule has 2 nitrogen and oxygen atoms in total. The fourth-order valence-electron chi connectivity index (χ4n) is 2.22. The maximum Gasteiger partial charge on any atom is 0.0695 e. The van der Waals surface area contributed by atoms with Crippen molar-refractivity contribution in [1.82, 2.24) is 4.68 Å². The molecule has 2 aromatic rings. The van der Waals surface area contributed by atoms with Gasteiger partial charge in [-0.05, 0) is 30.9 Å². The molecule has 0 unspecified atom stereocenters. The van der Waals surface area contributed by atoms with Crippen molar-refractivity contribution >= 4 is 10.9 Å². The van der Waals surface area contributed by atoms with Crippen molar-refractivity contribution in [2.24, 2.45) is 0 Å². The monoisotopic (exact) mass is 186 g/mol. The van der Waals surface area contributed by atoms with Crippen LogP contribution in [0.2, 0.25) is 0 Å². The van der Waals surface area contributed by atoms with E-state index in [4.69, 9.17) is 0 Å². The summed E-state index contributed by atoms with van der Waals surface area (Å²) in [4.78, 5) is 0. The Morgan fingerprint density at radius 3 is 3.07 bits per heavy atom. The van der Waals surface area contributed by atoms with Crippen LogP contribution in [0.3, 0.4) is 0 Å². The zero-order valence-corrected chi connectivity index (χ0v) is 8.16. The van der Waals surface area contributed by atoms with Gasteiger partial charge in [-0.15, -0.1) is 0 Å². The lowest BCUT2D eigenvalue weighted by atomic mass is 10.1. The number of benzene rings is 1. The maximum absolute atomic E-state index is 3.43. The molecule has 0 spiro atoms. The molecule has 3 rings (SSSR count). The van der Waals surface area contributed by atoms with Crippen LogP contribution in [0.4, 0.5) is 0 Å². The average Bonchev–Trinajstić information content (AvgIpc) is 2.54. The van der Waals surface area contributed by atoms with E-state index in [2.05, 4.69) is 40.6 Å². The Morgan fingerprint density at radius 2 is 2.07 bits per heavy atom. The van der Waals surface area contributed by atoms with Crippen molar-refractivity contribution in [3.63, 3.8) is 0 Å². The number of aromatic nitrogens is 1. The topological polar surface area (TPSA) is 17.0 Å². The minimum atomic E-state index is 1.08. The van der Waals surface area contributed by atoms with Crippen molar-refractivity contribution in [3.8, 4) is 0 Å². The summed E-state index contributed by atoms with van der Waals surface area (Å²) in [6.07, 6.45) is 6.02. The molecule has 0 atom stereocenters. The van der Waals surface area contributed by atoms with E-state index >= 15 is 0 Å². The van der Waals surface area contributed by atoms with Crippen molar-refractivity contribution in [2.75, 3.05) is 12.0 Å². The quantitative estimate of drug-likeness (QED) is 0.669. The van der Waals surface area contributed by atoms with Crippen LogP contribution in [0.25, 0.3) is 10.9 Å². The smallest absolute Gasteiger partial charge is 0.0695 e. The summed E-state index contributed by atoms with van der Waals surface area (Å²) in [5.41, 5.74) is 6.22. The molecular weight excluding hydrogens is 172 g/mol. The van der Waals surface area contributed by atoms with Crippen molar-refractivity contribution in [2.45, 2.75) is 19.3 Å². The van der Waals surface area contributed by atoms with Gasteiger partial charge in [0.05, 0.1) is 5.52 Å². The van der Waals surface area contributed by atoms with Gasteiger partial charge in [-0.1, -0.05) is 18.2 Å². The highest BCUT2D eigenvalue weighted by atomic mass is 15.4. The number of aryl methyl sites for hydroxylation is 1. The molecule has 0 fully saturated rings. The molecule has 0 radical (unpaired) electrons. The van der Waals surface area contributed by atoms with Crippen LogP contribution in [-0.2, 0) is 6.42 Å². The first kappa shape index (κ1) is 7.92. The van der Waals surface area contributed by atoms with Crippen LogP contribution < -0.4 is 5.43 Å². The van der Waals surface area contributed by atoms with E-state index in [1.165, 1.54) is 35.7 Å². The standard InChI is InChI=1S/C12H14N2/c1-2-7-12-11(6-1)10-5-3-4-8-13-14(12)9-10/h1-2,6-7,9,13H,3-5,8H2. The summed E-state index contributed by atoms with van der Waals surface area (Å²) < 4.78 is 2.17. The van der Waals surface area contributed by atoms with Gasteiger partial charge < -0.3 is 5.43 Å². The molecule has 0 amide bonds. The van der Waals surface area contributed by atoms with Gasteiger partial charge in [0.2, 0.25) is 0 Å². The van der Waals surface area contributed by atoms with Crippen LogP contribution in [0, 0.1) is 0 Å². The van der Waals surface area contributed by atoms with Crippen molar-refractivity contribution in [1.29, 1.82) is 0 Å². The molecule has 2 heterocycles. The average molecular weight is 186 g/mol. The minimum Gasteiger partial charge on any atom is -0.326 e. The van der Waals surface area contributed by atoms with Gasteiger partial charge in [0.25, 0.3) is 0 Å². The van der Waals surface area contributed by atoms with Gasteiger partial charge in [0.1, 0.15) is 0 Å². The van der Waals surface area contributed by atoms with E-state index in [0.717, 1.165) is 6.54 Å². The van der Waals surface area contributed by atoms with Gasteiger partial charge in [0.15, 0.2) is 0 Å². The largest absolute Gasteiger partial charge is 0.326 e. The fraction of sp³-hybridized carbons (Fsp3) is 0.333. The summed E-state index contributed by atoms with van der Waals surface area (Å²) in [5, 5.41) is 1.40. The molecule has 1 N–H and O–H groups in total. The highest BCUT2D eigenvalue weighted by molar-refractivity contribution is 5.84. The molecule has 0 saturated carbocycles. The Bertz CT molecular complexity index is 416. The minimum absolute atomic E-state index is 1.08. The molecular formula is C12H14N2. The Morgan fingerprint density at radius 1 is 1.14 bits per heavy atom. The zero-order chi connectivity index (χ0) is 9.38. The van der Waals surface area contributed by atoms with Gasteiger partial charge in [-0.3, -0.25) is 4.68 Å². The lowest BCUT2D eigenvalue weighted by molar-refractivity contribution is 0.705. The zero-order valence-electron chi connectivity index (χ0n) is 8.16. The molecule has 1 aromatic heterocycles. The first-order valence-electron chi connectivity index (χ1n) is 5.28. The van der Waals surface area contributed by atoms with Crippen LogP contribution in [0.5, 0.6) is 0 Å². The number of fused-ring (bicyclic) bond motifs is 5. The van der Waals surface area contributed by atoms with Crippen LogP contribution in [0.15, 0.2) is 30.5 Å². The molecule has 72 valence electrons. The second-order valence-electron chi connectivity index (χ2n) is 3.91. The van der Waals surface area contributed by atoms with Gasteiger partial charge in [-0.2, -0.15) is 0 Å². The molecule has 0 aliphatic carbocycles. The maximum atomic E-state index is 3.43. The molecule has 2 heteroatoms. The lowest BCUT2D eigenvalue weighted by Crippen LogP contribution is -2.15.